The largest absolute Gasteiger partial charge is 0.345 e. The molecule has 2 aliphatic rings. The summed E-state index contributed by atoms with van der Waals surface area (Å²) in [6.07, 6.45) is 2.53. The molecule has 3 amide bonds. The highest BCUT2D eigenvalue weighted by atomic mass is 19.1. The van der Waals surface area contributed by atoms with Gasteiger partial charge in [0.15, 0.2) is 5.82 Å². The molecule has 2 aromatic rings. The first-order chi connectivity index (χ1) is 14.0. The molecule has 2 fully saturated rings. The highest BCUT2D eigenvalue weighted by Gasteiger charge is 2.36. The van der Waals surface area contributed by atoms with Gasteiger partial charge in [-0.3, -0.25) is 4.79 Å². The van der Waals surface area contributed by atoms with Crippen LogP contribution in [-0.4, -0.2) is 58.6 Å². The van der Waals surface area contributed by atoms with Crippen LogP contribution in [0.25, 0.3) is 0 Å². The first-order valence-electron chi connectivity index (χ1n) is 9.84. The van der Waals surface area contributed by atoms with Crippen LogP contribution in [0.3, 0.4) is 0 Å². The van der Waals surface area contributed by atoms with Crippen molar-refractivity contribution in [3.8, 4) is 0 Å². The Morgan fingerprint density at radius 2 is 2.00 bits per heavy atom. The van der Waals surface area contributed by atoms with Gasteiger partial charge in [-0.25, -0.2) is 9.18 Å². The standard InChI is InChI=1S/C20H24FN5O3/c1-25(19(27)14-4-5-14)9-8-17-23-18(29-24-17)15-11-26(12-15)20(28)22-10-13-2-6-16(21)7-3-13/h2-3,6-7,14-15H,4-5,8-12H2,1H3,(H,22,28). The number of hydrogen-bond acceptors (Lipinski definition) is 5. The van der Waals surface area contributed by atoms with Crippen molar-refractivity contribution in [2.24, 2.45) is 5.92 Å². The van der Waals surface area contributed by atoms with E-state index >= 15 is 0 Å². The molecule has 154 valence electrons. The van der Waals surface area contributed by atoms with Crippen molar-refractivity contribution >= 4 is 11.9 Å². The molecule has 4 rings (SSSR count). The van der Waals surface area contributed by atoms with Crippen molar-refractivity contribution in [1.82, 2.24) is 25.3 Å². The summed E-state index contributed by atoms with van der Waals surface area (Å²) in [4.78, 5) is 31.9. The van der Waals surface area contributed by atoms with Crippen LogP contribution < -0.4 is 5.32 Å². The summed E-state index contributed by atoms with van der Waals surface area (Å²) in [5.41, 5.74) is 0.837. The fraction of sp³-hybridized carbons (Fsp3) is 0.500. The van der Waals surface area contributed by atoms with E-state index in [1.165, 1.54) is 12.1 Å². The van der Waals surface area contributed by atoms with Gasteiger partial charge < -0.3 is 19.6 Å². The summed E-state index contributed by atoms with van der Waals surface area (Å²) in [7, 11) is 1.80. The average Bonchev–Trinajstić information content (AvgIpc) is 3.43. The smallest absolute Gasteiger partial charge is 0.317 e. The van der Waals surface area contributed by atoms with Crippen LogP contribution in [-0.2, 0) is 17.8 Å². The van der Waals surface area contributed by atoms with Gasteiger partial charge in [-0.2, -0.15) is 4.98 Å². The number of nitrogens with one attached hydrogen (secondary N) is 1. The van der Waals surface area contributed by atoms with E-state index in [0.29, 0.717) is 44.3 Å². The van der Waals surface area contributed by atoms with E-state index in [1.54, 1.807) is 29.0 Å². The normalized spacial score (nSPS) is 16.4. The molecule has 0 bridgehead atoms. The summed E-state index contributed by atoms with van der Waals surface area (Å²) in [5.74, 6) is 1.23. The Labute approximate surface area is 168 Å². The van der Waals surface area contributed by atoms with E-state index in [-0.39, 0.29) is 29.6 Å². The minimum atomic E-state index is -0.300. The molecule has 0 unspecified atom stereocenters. The molecular weight excluding hydrogens is 377 g/mol. The lowest BCUT2D eigenvalue weighted by molar-refractivity contribution is -0.131. The Balaban J connectivity index is 1.19. The molecular formula is C20H24FN5O3. The van der Waals surface area contributed by atoms with Gasteiger partial charge in [0.2, 0.25) is 11.8 Å². The van der Waals surface area contributed by atoms with Crippen LogP contribution >= 0.6 is 0 Å². The zero-order valence-corrected chi connectivity index (χ0v) is 16.3. The van der Waals surface area contributed by atoms with Gasteiger partial charge in [0.05, 0.1) is 5.92 Å². The molecule has 1 aliphatic heterocycles. The van der Waals surface area contributed by atoms with Gasteiger partial charge in [-0.05, 0) is 30.5 Å². The topological polar surface area (TPSA) is 91.6 Å². The maximum Gasteiger partial charge on any atom is 0.317 e. The first-order valence-corrected chi connectivity index (χ1v) is 9.84. The molecule has 0 radical (unpaired) electrons. The van der Waals surface area contributed by atoms with E-state index in [4.69, 9.17) is 4.52 Å². The van der Waals surface area contributed by atoms with Crippen molar-refractivity contribution < 1.29 is 18.5 Å². The Bertz CT molecular complexity index is 874. The van der Waals surface area contributed by atoms with Crippen LogP contribution in [0.1, 0.15) is 36.0 Å². The number of urea groups is 1. The summed E-state index contributed by atoms with van der Waals surface area (Å²) < 4.78 is 18.2. The van der Waals surface area contributed by atoms with Crippen molar-refractivity contribution in [2.75, 3.05) is 26.7 Å². The molecule has 1 aromatic carbocycles. The molecule has 1 saturated carbocycles. The van der Waals surface area contributed by atoms with Gasteiger partial charge in [-0.1, -0.05) is 17.3 Å². The number of likely N-dealkylation sites (N-methyl/N-ethyl adjacent to an activating group) is 1. The lowest BCUT2D eigenvalue weighted by atomic mass is 10.0. The second-order valence-electron chi connectivity index (χ2n) is 7.72. The van der Waals surface area contributed by atoms with Crippen LogP contribution in [0, 0.1) is 11.7 Å². The van der Waals surface area contributed by atoms with Gasteiger partial charge >= 0.3 is 6.03 Å². The number of amides is 3. The highest BCUT2D eigenvalue weighted by Crippen LogP contribution is 2.30. The molecule has 1 N–H and O–H groups in total. The SMILES string of the molecule is CN(CCc1noc(C2CN(C(=O)NCc3ccc(F)cc3)C2)n1)C(=O)C1CC1. The third-order valence-corrected chi connectivity index (χ3v) is 5.33. The minimum absolute atomic E-state index is 0.0265. The fourth-order valence-electron chi connectivity index (χ4n) is 3.25. The lowest BCUT2D eigenvalue weighted by Gasteiger charge is -2.36. The van der Waals surface area contributed by atoms with E-state index in [0.717, 1.165) is 18.4 Å². The number of nitrogens with zero attached hydrogens (tertiary/aromatic N) is 4. The molecule has 2 heterocycles. The van der Waals surface area contributed by atoms with Gasteiger partial charge in [0, 0.05) is 45.6 Å². The number of benzene rings is 1. The van der Waals surface area contributed by atoms with Crippen molar-refractivity contribution in [2.45, 2.75) is 31.7 Å². The number of aromatic nitrogens is 2. The summed E-state index contributed by atoms with van der Waals surface area (Å²) in [6.45, 7) is 1.93. The summed E-state index contributed by atoms with van der Waals surface area (Å²) in [5, 5.41) is 6.81. The van der Waals surface area contributed by atoms with Gasteiger partial charge in [0.25, 0.3) is 0 Å². The second-order valence-corrected chi connectivity index (χ2v) is 7.72. The Morgan fingerprint density at radius 3 is 2.69 bits per heavy atom. The highest BCUT2D eigenvalue weighted by molar-refractivity contribution is 5.80. The Kier molecular flexibility index (Phi) is 5.46. The third kappa shape index (κ3) is 4.72. The number of carbonyl (C=O) groups is 2. The number of carbonyl (C=O) groups excluding carboxylic acids is 2. The van der Waals surface area contributed by atoms with Crippen molar-refractivity contribution in [3.63, 3.8) is 0 Å². The quantitative estimate of drug-likeness (QED) is 0.766. The maximum absolute atomic E-state index is 12.9. The lowest BCUT2D eigenvalue weighted by Crippen LogP contribution is -2.52. The van der Waals surface area contributed by atoms with E-state index < -0.39 is 0 Å². The van der Waals surface area contributed by atoms with Crippen molar-refractivity contribution in [1.29, 1.82) is 0 Å². The second kappa shape index (κ2) is 8.18. The van der Waals surface area contributed by atoms with Crippen LogP contribution in [0.4, 0.5) is 9.18 Å². The van der Waals surface area contributed by atoms with E-state index in [2.05, 4.69) is 15.5 Å². The zero-order chi connectivity index (χ0) is 20.4. The van der Waals surface area contributed by atoms with Crippen LogP contribution in [0.2, 0.25) is 0 Å². The minimum Gasteiger partial charge on any atom is -0.345 e. The Hall–Kier alpha value is -2.97. The summed E-state index contributed by atoms with van der Waals surface area (Å²) >= 11 is 0. The van der Waals surface area contributed by atoms with Gasteiger partial charge in [-0.15, -0.1) is 0 Å². The monoisotopic (exact) mass is 401 g/mol. The first kappa shape index (κ1) is 19.4. The molecule has 8 nitrogen and oxygen atoms in total. The Morgan fingerprint density at radius 1 is 1.28 bits per heavy atom. The fourth-order valence-corrected chi connectivity index (χ4v) is 3.25. The molecule has 1 aliphatic carbocycles. The summed E-state index contributed by atoms with van der Waals surface area (Å²) in [6, 6.07) is 5.85. The van der Waals surface area contributed by atoms with Crippen LogP contribution in [0.15, 0.2) is 28.8 Å². The number of halogens is 1. The molecule has 0 atom stereocenters. The molecule has 1 saturated heterocycles. The number of rotatable bonds is 7. The zero-order valence-electron chi connectivity index (χ0n) is 16.3. The van der Waals surface area contributed by atoms with Gasteiger partial charge in [0.1, 0.15) is 5.82 Å². The van der Waals surface area contributed by atoms with E-state index in [9.17, 15) is 14.0 Å². The molecule has 0 spiro atoms. The maximum atomic E-state index is 12.9. The van der Waals surface area contributed by atoms with Crippen LogP contribution in [0.5, 0.6) is 0 Å². The molecule has 29 heavy (non-hydrogen) atoms. The van der Waals surface area contributed by atoms with Crippen molar-refractivity contribution in [3.05, 3.63) is 47.4 Å². The van der Waals surface area contributed by atoms with E-state index in [1.807, 2.05) is 0 Å². The average molecular weight is 401 g/mol. The predicted octanol–water partition coefficient (Wildman–Crippen LogP) is 1.93. The predicted molar refractivity (Wildman–Crippen MR) is 101 cm³/mol. The number of hydrogen-bond donors (Lipinski definition) is 1. The molecule has 1 aromatic heterocycles. The molecule has 9 heteroatoms. The number of likely N-dealkylation sites (tertiary alicyclic amines) is 1. The third-order valence-electron chi connectivity index (χ3n) is 5.33.